The van der Waals surface area contributed by atoms with Gasteiger partial charge in [0.25, 0.3) is 0 Å². The number of hydrogen-bond acceptors (Lipinski definition) is 4. The van der Waals surface area contributed by atoms with Crippen LogP contribution in [0.3, 0.4) is 0 Å². The maximum Gasteiger partial charge on any atom is 0.226 e. The van der Waals surface area contributed by atoms with E-state index >= 15 is 0 Å². The lowest BCUT2D eigenvalue weighted by atomic mass is 10.1. The van der Waals surface area contributed by atoms with Crippen molar-refractivity contribution in [2.24, 2.45) is 0 Å². The van der Waals surface area contributed by atoms with Crippen molar-refractivity contribution in [1.82, 2.24) is 0 Å². The zero-order valence-electron chi connectivity index (χ0n) is 16.7. The highest BCUT2D eigenvalue weighted by molar-refractivity contribution is 5.95. The minimum absolute atomic E-state index is 0.146. The molecule has 1 saturated heterocycles. The maximum absolute atomic E-state index is 12.4. The SMILES string of the molecule is CC(=O)N(CCC(=O)Nc1ccc(N2CCCCC2)cc1)c1ccccc1C#N. The van der Waals surface area contributed by atoms with Gasteiger partial charge in [0.2, 0.25) is 11.8 Å². The van der Waals surface area contributed by atoms with Gasteiger partial charge in [0, 0.05) is 44.4 Å². The van der Waals surface area contributed by atoms with Crippen LogP contribution >= 0.6 is 0 Å². The molecule has 0 unspecified atom stereocenters. The third kappa shape index (κ3) is 5.35. The molecular weight excluding hydrogens is 364 g/mol. The van der Waals surface area contributed by atoms with E-state index in [0.29, 0.717) is 11.3 Å². The van der Waals surface area contributed by atoms with Crippen molar-refractivity contribution < 1.29 is 9.59 Å². The van der Waals surface area contributed by atoms with Crippen LogP contribution in [0.2, 0.25) is 0 Å². The van der Waals surface area contributed by atoms with Crippen molar-refractivity contribution in [1.29, 1.82) is 5.26 Å². The summed E-state index contributed by atoms with van der Waals surface area (Å²) < 4.78 is 0. The molecule has 1 aliphatic rings. The molecule has 0 atom stereocenters. The van der Waals surface area contributed by atoms with E-state index < -0.39 is 0 Å². The van der Waals surface area contributed by atoms with Gasteiger partial charge in [-0.15, -0.1) is 0 Å². The highest BCUT2D eigenvalue weighted by Crippen LogP contribution is 2.23. The molecule has 0 aromatic heterocycles. The zero-order chi connectivity index (χ0) is 20.6. The smallest absolute Gasteiger partial charge is 0.226 e. The molecular formula is C23H26N4O2. The van der Waals surface area contributed by atoms with E-state index in [1.807, 2.05) is 24.3 Å². The van der Waals surface area contributed by atoms with Crippen LogP contribution in [-0.2, 0) is 9.59 Å². The predicted molar refractivity (Wildman–Crippen MR) is 115 cm³/mol. The Balaban J connectivity index is 1.58. The monoisotopic (exact) mass is 390 g/mol. The van der Waals surface area contributed by atoms with Crippen LogP contribution in [0, 0.1) is 11.3 Å². The second-order valence-corrected chi connectivity index (χ2v) is 7.19. The number of nitriles is 1. The van der Waals surface area contributed by atoms with E-state index in [4.69, 9.17) is 0 Å². The standard InChI is InChI=1S/C23H26N4O2/c1-18(28)27(22-8-4-3-7-19(22)17-24)16-13-23(29)25-20-9-11-21(12-10-20)26-14-5-2-6-15-26/h3-4,7-12H,2,5-6,13-16H2,1H3,(H,25,29). The molecule has 1 fully saturated rings. The minimum atomic E-state index is -0.202. The van der Waals surface area contributed by atoms with Crippen molar-refractivity contribution in [3.8, 4) is 6.07 Å². The molecule has 2 amide bonds. The van der Waals surface area contributed by atoms with Crippen LogP contribution in [-0.4, -0.2) is 31.4 Å². The van der Waals surface area contributed by atoms with E-state index in [0.717, 1.165) is 18.8 Å². The molecule has 6 nitrogen and oxygen atoms in total. The first-order chi connectivity index (χ1) is 14.1. The summed E-state index contributed by atoms with van der Waals surface area (Å²) in [6.07, 6.45) is 3.88. The molecule has 0 radical (unpaired) electrons. The maximum atomic E-state index is 12.4. The number of rotatable bonds is 6. The van der Waals surface area contributed by atoms with E-state index in [9.17, 15) is 14.9 Å². The quantitative estimate of drug-likeness (QED) is 0.811. The lowest BCUT2D eigenvalue weighted by Gasteiger charge is -2.28. The average molecular weight is 390 g/mol. The van der Waals surface area contributed by atoms with Gasteiger partial charge in [-0.25, -0.2) is 0 Å². The number of nitrogens with one attached hydrogen (secondary N) is 1. The summed E-state index contributed by atoms with van der Waals surface area (Å²) in [7, 11) is 0. The molecule has 0 spiro atoms. The van der Waals surface area contributed by atoms with Crippen molar-refractivity contribution in [3.63, 3.8) is 0 Å². The van der Waals surface area contributed by atoms with Gasteiger partial charge in [-0.05, 0) is 55.7 Å². The predicted octanol–water partition coefficient (Wildman–Crippen LogP) is 3.93. The fourth-order valence-electron chi connectivity index (χ4n) is 3.60. The topological polar surface area (TPSA) is 76.4 Å². The number of nitrogens with zero attached hydrogens (tertiary/aromatic N) is 3. The number of carbonyl (C=O) groups excluding carboxylic acids is 2. The summed E-state index contributed by atoms with van der Waals surface area (Å²) >= 11 is 0. The number of carbonyl (C=O) groups is 2. The van der Waals surface area contributed by atoms with E-state index in [2.05, 4.69) is 16.3 Å². The van der Waals surface area contributed by atoms with Gasteiger partial charge >= 0.3 is 0 Å². The van der Waals surface area contributed by atoms with Crippen molar-refractivity contribution >= 4 is 28.9 Å². The van der Waals surface area contributed by atoms with Crippen molar-refractivity contribution in [3.05, 3.63) is 54.1 Å². The molecule has 150 valence electrons. The number of hydrogen-bond donors (Lipinski definition) is 1. The molecule has 0 saturated carbocycles. The lowest BCUT2D eigenvalue weighted by Crippen LogP contribution is -2.32. The molecule has 2 aromatic carbocycles. The van der Waals surface area contributed by atoms with Gasteiger partial charge in [-0.3, -0.25) is 9.59 Å². The van der Waals surface area contributed by atoms with E-state index in [-0.39, 0.29) is 24.8 Å². The molecule has 1 heterocycles. The number of anilines is 3. The van der Waals surface area contributed by atoms with Gasteiger partial charge in [0.05, 0.1) is 11.3 Å². The first-order valence-electron chi connectivity index (χ1n) is 10.0. The van der Waals surface area contributed by atoms with Crippen LogP contribution in [0.5, 0.6) is 0 Å². The molecule has 6 heteroatoms. The first kappa shape index (κ1) is 20.4. The third-order valence-electron chi connectivity index (χ3n) is 5.13. The summed E-state index contributed by atoms with van der Waals surface area (Å²) in [6.45, 7) is 3.81. The Morgan fingerprint density at radius 3 is 2.41 bits per heavy atom. The Labute approximate surface area is 171 Å². The second-order valence-electron chi connectivity index (χ2n) is 7.19. The molecule has 0 bridgehead atoms. The van der Waals surface area contributed by atoms with Gasteiger partial charge < -0.3 is 15.1 Å². The molecule has 2 aromatic rings. The Kier molecular flexibility index (Phi) is 6.85. The van der Waals surface area contributed by atoms with Crippen LogP contribution in [0.4, 0.5) is 17.1 Å². The summed E-state index contributed by atoms with van der Waals surface area (Å²) in [6, 6.07) is 16.9. The lowest BCUT2D eigenvalue weighted by molar-refractivity contribution is -0.117. The number of piperidine rings is 1. The molecule has 0 aliphatic carbocycles. The molecule has 29 heavy (non-hydrogen) atoms. The van der Waals surface area contributed by atoms with Gasteiger partial charge in [0.1, 0.15) is 6.07 Å². The third-order valence-corrected chi connectivity index (χ3v) is 5.13. The highest BCUT2D eigenvalue weighted by atomic mass is 16.2. The summed E-state index contributed by atoms with van der Waals surface area (Å²) in [5.41, 5.74) is 2.86. The minimum Gasteiger partial charge on any atom is -0.372 e. The zero-order valence-corrected chi connectivity index (χ0v) is 16.7. The van der Waals surface area contributed by atoms with Crippen LogP contribution in [0.25, 0.3) is 0 Å². The van der Waals surface area contributed by atoms with Crippen LogP contribution < -0.4 is 15.1 Å². The van der Waals surface area contributed by atoms with Crippen molar-refractivity contribution in [2.45, 2.75) is 32.6 Å². The summed E-state index contributed by atoms with van der Waals surface area (Å²) in [5, 5.41) is 12.2. The number of amides is 2. The summed E-state index contributed by atoms with van der Waals surface area (Å²) in [4.78, 5) is 28.3. The number of para-hydroxylation sites is 1. The Bertz CT molecular complexity index is 896. The highest BCUT2D eigenvalue weighted by Gasteiger charge is 2.17. The molecule has 1 aliphatic heterocycles. The van der Waals surface area contributed by atoms with Crippen LogP contribution in [0.15, 0.2) is 48.5 Å². The largest absolute Gasteiger partial charge is 0.372 e. The van der Waals surface area contributed by atoms with E-state index in [1.54, 1.807) is 24.3 Å². The molecule has 3 rings (SSSR count). The Hall–Kier alpha value is -3.33. The average Bonchev–Trinajstić information content (AvgIpc) is 2.75. The normalized spacial score (nSPS) is 13.4. The van der Waals surface area contributed by atoms with E-state index in [1.165, 1.54) is 36.8 Å². The fourth-order valence-corrected chi connectivity index (χ4v) is 3.60. The fraction of sp³-hybridized carbons (Fsp3) is 0.348. The second kappa shape index (κ2) is 9.74. The Morgan fingerprint density at radius 1 is 1.07 bits per heavy atom. The first-order valence-corrected chi connectivity index (χ1v) is 10.0. The van der Waals surface area contributed by atoms with Gasteiger partial charge in [-0.1, -0.05) is 12.1 Å². The van der Waals surface area contributed by atoms with Crippen LogP contribution in [0.1, 0.15) is 38.2 Å². The van der Waals surface area contributed by atoms with Gasteiger partial charge in [-0.2, -0.15) is 5.26 Å². The summed E-state index contributed by atoms with van der Waals surface area (Å²) in [5.74, 6) is -0.372. The number of benzene rings is 2. The Morgan fingerprint density at radius 2 is 1.76 bits per heavy atom. The van der Waals surface area contributed by atoms with Gasteiger partial charge in [0.15, 0.2) is 0 Å². The van der Waals surface area contributed by atoms with Crippen molar-refractivity contribution in [2.75, 3.05) is 34.8 Å². The molecule has 1 N–H and O–H groups in total.